The monoisotopic (exact) mass is 512 g/mol. The van der Waals surface area contributed by atoms with Crippen LogP contribution >= 0.6 is 23.2 Å². The number of hydrogen-bond donors (Lipinski definition) is 0. The summed E-state index contributed by atoms with van der Waals surface area (Å²) in [5.41, 5.74) is 3.11. The van der Waals surface area contributed by atoms with Crippen LogP contribution in [0, 0.1) is 0 Å². The molecule has 4 rings (SSSR count). The first kappa shape index (κ1) is 25.8. The van der Waals surface area contributed by atoms with Gasteiger partial charge in [-0.25, -0.2) is 4.98 Å². The van der Waals surface area contributed by atoms with Crippen molar-refractivity contribution >= 4 is 28.9 Å². The number of halogens is 2. The van der Waals surface area contributed by atoms with Crippen molar-refractivity contribution in [1.29, 1.82) is 0 Å². The van der Waals surface area contributed by atoms with Gasteiger partial charge in [0.2, 0.25) is 0 Å². The van der Waals surface area contributed by atoms with Crippen molar-refractivity contribution < 1.29 is 0 Å². The molecule has 0 saturated heterocycles. The van der Waals surface area contributed by atoms with Gasteiger partial charge >= 0.3 is 0 Å². The number of unbranched alkanes of at least 4 members (excludes halogenated alkanes) is 6. The van der Waals surface area contributed by atoms with E-state index in [0.29, 0.717) is 15.9 Å². The van der Waals surface area contributed by atoms with Crippen LogP contribution in [-0.2, 0) is 0 Å². The quantitative estimate of drug-likeness (QED) is 0.189. The second kappa shape index (κ2) is 12.6. The summed E-state index contributed by atoms with van der Waals surface area (Å²) in [7, 11) is 0. The van der Waals surface area contributed by atoms with E-state index >= 15 is 0 Å². The van der Waals surface area contributed by atoms with Gasteiger partial charge < -0.3 is 0 Å². The molecule has 0 aliphatic carbocycles. The highest BCUT2D eigenvalue weighted by atomic mass is 35.5. The first-order valence-corrected chi connectivity index (χ1v) is 13.5. The largest absolute Gasteiger partial charge is 0.280 e. The standard InChI is InChI=1S/C27H34Cl2N6/c1-3-5-7-11-17-34(18-12-8-6-4-2)26-27-33-30-19-35(27)22-15-16-23(29)31-25(22)24(32-26)20-13-9-10-14-21(20)28/h9-10,13-16,19,26H,3-8,11-12,17-18H2,1-2H3. The molecule has 0 spiro atoms. The highest BCUT2D eigenvalue weighted by molar-refractivity contribution is 6.35. The molecule has 6 nitrogen and oxygen atoms in total. The highest BCUT2D eigenvalue weighted by Crippen LogP contribution is 2.33. The molecule has 0 amide bonds. The maximum Gasteiger partial charge on any atom is 0.177 e. The van der Waals surface area contributed by atoms with Crippen LogP contribution in [0.4, 0.5) is 0 Å². The van der Waals surface area contributed by atoms with E-state index in [9.17, 15) is 0 Å². The molecule has 3 heterocycles. The van der Waals surface area contributed by atoms with E-state index in [-0.39, 0.29) is 6.17 Å². The number of benzene rings is 1. The van der Waals surface area contributed by atoms with E-state index in [2.05, 4.69) is 28.9 Å². The van der Waals surface area contributed by atoms with E-state index in [0.717, 1.165) is 48.7 Å². The zero-order valence-corrected chi connectivity index (χ0v) is 22.1. The second-order valence-corrected chi connectivity index (χ2v) is 9.84. The van der Waals surface area contributed by atoms with Crippen LogP contribution in [0.25, 0.3) is 5.69 Å². The molecule has 0 fully saturated rings. The average Bonchev–Trinajstić information content (AvgIpc) is 3.30. The van der Waals surface area contributed by atoms with Gasteiger partial charge in [-0.3, -0.25) is 14.5 Å². The van der Waals surface area contributed by atoms with Gasteiger partial charge in [-0.2, -0.15) is 0 Å². The maximum absolute atomic E-state index is 6.68. The maximum atomic E-state index is 6.68. The molecule has 0 bridgehead atoms. The fraction of sp³-hybridized carbons (Fsp3) is 0.481. The number of aliphatic imine (C=N–C) groups is 1. The van der Waals surface area contributed by atoms with Gasteiger partial charge in [0.25, 0.3) is 0 Å². The summed E-state index contributed by atoms with van der Waals surface area (Å²) >= 11 is 13.0. The van der Waals surface area contributed by atoms with Crippen LogP contribution in [0.5, 0.6) is 0 Å². The van der Waals surface area contributed by atoms with Crippen LogP contribution in [0.3, 0.4) is 0 Å². The van der Waals surface area contributed by atoms with Crippen molar-refractivity contribution in [3.8, 4) is 5.69 Å². The van der Waals surface area contributed by atoms with Crippen LogP contribution in [0.1, 0.15) is 88.5 Å². The van der Waals surface area contributed by atoms with Crippen LogP contribution < -0.4 is 0 Å². The predicted molar refractivity (Wildman–Crippen MR) is 144 cm³/mol. The predicted octanol–water partition coefficient (Wildman–Crippen LogP) is 7.28. The zero-order chi connectivity index (χ0) is 24.6. The molecule has 1 aliphatic rings. The normalized spacial score (nSPS) is 15.0. The minimum atomic E-state index is -0.292. The Labute approximate surface area is 218 Å². The third kappa shape index (κ3) is 6.11. The molecule has 0 saturated carbocycles. The van der Waals surface area contributed by atoms with E-state index in [1.807, 2.05) is 34.9 Å². The molecule has 186 valence electrons. The van der Waals surface area contributed by atoms with Gasteiger partial charge in [0.1, 0.15) is 17.2 Å². The molecule has 35 heavy (non-hydrogen) atoms. The smallest absolute Gasteiger partial charge is 0.177 e. The van der Waals surface area contributed by atoms with Crippen molar-refractivity contribution in [3.05, 3.63) is 70.0 Å². The number of aromatic nitrogens is 4. The molecular weight excluding hydrogens is 479 g/mol. The minimum absolute atomic E-state index is 0.292. The van der Waals surface area contributed by atoms with E-state index in [4.69, 9.17) is 33.2 Å². The average molecular weight is 514 g/mol. The number of pyridine rings is 1. The summed E-state index contributed by atoms with van der Waals surface area (Å²) in [6.45, 7) is 6.39. The summed E-state index contributed by atoms with van der Waals surface area (Å²) in [6, 6.07) is 11.5. The molecule has 1 aliphatic heterocycles. The van der Waals surface area contributed by atoms with Gasteiger partial charge in [-0.1, -0.05) is 93.8 Å². The van der Waals surface area contributed by atoms with E-state index in [1.165, 1.54) is 38.5 Å². The first-order valence-electron chi connectivity index (χ1n) is 12.8. The summed E-state index contributed by atoms with van der Waals surface area (Å²) < 4.78 is 2.00. The van der Waals surface area contributed by atoms with Crippen LogP contribution in [0.15, 0.2) is 47.7 Å². The Hall–Kier alpha value is -2.28. The molecular formula is C27H34Cl2N6. The van der Waals surface area contributed by atoms with Gasteiger partial charge in [0.15, 0.2) is 12.0 Å². The van der Waals surface area contributed by atoms with Crippen LogP contribution in [-0.4, -0.2) is 43.4 Å². The van der Waals surface area contributed by atoms with Gasteiger partial charge in [0.05, 0.1) is 16.4 Å². The summed E-state index contributed by atoms with van der Waals surface area (Å²) in [6.07, 6.45) is 11.0. The Morgan fingerprint density at radius 1 is 0.886 bits per heavy atom. The lowest BCUT2D eigenvalue weighted by Crippen LogP contribution is -2.32. The van der Waals surface area contributed by atoms with E-state index in [1.54, 1.807) is 12.4 Å². The van der Waals surface area contributed by atoms with Crippen LogP contribution in [0.2, 0.25) is 10.2 Å². The Bertz CT molecular complexity index is 1130. The summed E-state index contributed by atoms with van der Waals surface area (Å²) in [5, 5.41) is 9.86. The highest BCUT2D eigenvalue weighted by Gasteiger charge is 2.31. The van der Waals surface area contributed by atoms with Crippen molar-refractivity contribution in [2.75, 3.05) is 13.1 Å². The molecule has 3 aromatic rings. The first-order chi connectivity index (χ1) is 17.1. The molecule has 1 atom stereocenters. The lowest BCUT2D eigenvalue weighted by atomic mass is 10.1. The van der Waals surface area contributed by atoms with Crippen molar-refractivity contribution in [2.24, 2.45) is 4.99 Å². The summed E-state index contributed by atoms with van der Waals surface area (Å²) in [5.74, 6) is 0.795. The molecule has 1 aromatic carbocycles. The summed E-state index contributed by atoms with van der Waals surface area (Å²) in [4.78, 5) is 12.5. The van der Waals surface area contributed by atoms with Gasteiger partial charge in [-0.05, 0) is 31.0 Å². The number of fused-ring (bicyclic) bond motifs is 3. The number of rotatable bonds is 12. The van der Waals surface area contributed by atoms with Gasteiger partial charge in [-0.15, -0.1) is 10.2 Å². The number of nitrogens with zero attached hydrogens (tertiary/aromatic N) is 6. The minimum Gasteiger partial charge on any atom is -0.280 e. The Morgan fingerprint density at radius 2 is 1.60 bits per heavy atom. The molecule has 0 N–H and O–H groups in total. The molecule has 1 unspecified atom stereocenters. The van der Waals surface area contributed by atoms with Gasteiger partial charge in [0, 0.05) is 18.7 Å². The van der Waals surface area contributed by atoms with Crippen molar-refractivity contribution in [2.45, 2.75) is 71.4 Å². The molecule has 8 heteroatoms. The Morgan fingerprint density at radius 3 is 2.29 bits per heavy atom. The van der Waals surface area contributed by atoms with Crippen molar-refractivity contribution in [3.63, 3.8) is 0 Å². The third-order valence-corrected chi connectivity index (χ3v) is 6.99. The third-order valence-electron chi connectivity index (χ3n) is 6.45. The lowest BCUT2D eigenvalue weighted by Gasteiger charge is -2.28. The lowest BCUT2D eigenvalue weighted by molar-refractivity contribution is 0.186. The SMILES string of the molecule is CCCCCCN(CCCCCC)C1N=C(c2ccccc2Cl)c2nc(Cl)ccc2-n2cnnc21. The van der Waals surface area contributed by atoms with E-state index < -0.39 is 0 Å². The fourth-order valence-electron chi connectivity index (χ4n) is 4.58. The van der Waals surface area contributed by atoms with Crippen molar-refractivity contribution in [1.82, 2.24) is 24.6 Å². The Kier molecular flexibility index (Phi) is 9.30. The zero-order valence-electron chi connectivity index (χ0n) is 20.6. The second-order valence-electron chi connectivity index (χ2n) is 9.05. The Balaban J connectivity index is 1.81. The topological polar surface area (TPSA) is 59.2 Å². The molecule has 0 radical (unpaired) electrons. The fourth-order valence-corrected chi connectivity index (χ4v) is 4.95. The number of hydrogen-bond acceptors (Lipinski definition) is 5. The molecule has 2 aromatic heterocycles.